The molecule has 0 bridgehead atoms. The van der Waals surface area contributed by atoms with Gasteiger partial charge in [-0.15, -0.1) is 0 Å². The van der Waals surface area contributed by atoms with Crippen molar-refractivity contribution in [1.29, 1.82) is 0 Å². The number of nitrogens with zero attached hydrogens (tertiary/aromatic N) is 4. The van der Waals surface area contributed by atoms with Crippen LogP contribution in [0.3, 0.4) is 0 Å². The zero-order valence-corrected chi connectivity index (χ0v) is 11.6. The Balaban J connectivity index is 1.65. The van der Waals surface area contributed by atoms with E-state index in [1.54, 1.807) is 6.33 Å². The molecular formula is C14H22N4O. The van der Waals surface area contributed by atoms with Gasteiger partial charge in [-0.3, -0.25) is 4.90 Å². The van der Waals surface area contributed by atoms with Gasteiger partial charge in [0.1, 0.15) is 12.1 Å². The Morgan fingerprint density at radius 1 is 1.26 bits per heavy atom. The van der Waals surface area contributed by atoms with Crippen molar-refractivity contribution in [2.75, 3.05) is 37.7 Å². The molecule has 5 nitrogen and oxygen atoms in total. The molecule has 0 amide bonds. The van der Waals surface area contributed by atoms with E-state index in [0.29, 0.717) is 18.5 Å². The molecule has 5 heteroatoms. The van der Waals surface area contributed by atoms with E-state index in [2.05, 4.69) is 19.8 Å². The average Bonchev–Trinajstić information content (AvgIpc) is 3.11. The van der Waals surface area contributed by atoms with E-state index in [4.69, 9.17) is 4.74 Å². The average molecular weight is 262 g/mol. The first-order valence-electron chi connectivity index (χ1n) is 7.30. The van der Waals surface area contributed by atoms with E-state index in [9.17, 15) is 0 Å². The number of rotatable bonds is 4. The van der Waals surface area contributed by atoms with E-state index in [1.165, 1.54) is 32.4 Å². The van der Waals surface area contributed by atoms with Gasteiger partial charge in [0.25, 0.3) is 0 Å². The van der Waals surface area contributed by atoms with Crippen molar-refractivity contribution in [1.82, 2.24) is 14.9 Å². The third kappa shape index (κ3) is 2.81. The van der Waals surface area contributed by atoms with Crippen molar-refractivity contribution >= 4 is 5.82 Å². The molecule has 0 radical (unpaired) electrons. The fourth-order valence-corrected chi connectivity index (χ4v) is 3.08. The molecule has 0 spiro atoms. The van der Waals surface area contributed by atoms with E-state index >= 15 is 0 Å². The summed E-state index contributed by atoms with van der Waals surface area (Å²) in [6.45, 7) is 7.33. The number of hydrogen-bond acceptors (Lipinski definition) is 5. The molecule has 1 atom stereocenters. The largest absolute Gasteiger partial charge is 0.478 e. The second kappa shape index (κ2) is 5.74. The summed E-state index contributed by atoms with van der Waals surface area (Å²) >= 11 is 0. The highest BCUT2D eigenvalue weighted by molar-refractivity contribution is 5.42. The minimum absolute atomic E-state index is 0.646. The highest BCUT2D eigenvalue weighted by Crippen LogP contribution is 2.25. The van der Waals surface area contributed by atoms with Crippen LogP contribution in [-0.2, 0) is 0 Å². The summed E-state index contributed by atoms with van der Waals surface area (Å²) in [7, 11) is 0. The van der Waals surface area contributed by atoms with Crippen molar-refractivity contribution in [3.63, 3.8) is 0 Å². The summed E-state index contributed by atoms with van der Waals surface area (Å²) in [6, 6.07) is 2.66. The normalized spacial score (nSPS) is 24.1. The van der Waals surface area contributed by atoms with Gasteiger partial charge >= 0.3 is 0 Å². The molecule has 1 unspecified atom stereocenters. The SMILES string of the molecule is CCOc1cc(N2CCC(N3CCCC3)C2)ncn1. The maximum atomic E-state index is 5.44. The van der Waals surface area contributed by atoms with Gasteiger partial charge in [0.15, 0.2) is 0 Å². The summed E-state index contributed by atoms with van der Waals surface area (Å²) in [5, 5.41) is 0. The van der Waals surface area contributed by atoms with Crippen molar-refractivity contribution in [2.45, 2.75) is 32.2 Å². The Labute approximate surface area is 114 Å². The van der Waals surface area contributed by atoms with Crippen LogP contribution < -0.4 is 9.64 Å². The number of aromatic nitrogens is 2. The zero-order chi connectivity index (χ0) is 13.1. The van der Waals surface area contributed by atoms with Gasteiger partial charge in [-0.2, -0.15) is 0 Å². The summed E-state index contributed by atoms with van der Waals surface area (Å²) in [5.74, 6) is 1.68. The van der Waals surface area contributed by atoms with Crippen molar-refractivity contribution in [2.24, 2.45) is 0 Å². The number of ether oxygens (including phenoxy) is 1. The molecule has 1 aromatic rings. The smallest absolute Gasteiger partial charge is 0.218 e. The highest BCUT2D eigenvalue weighted by atomic mass is 16.5. The molecule has 19 heavy (non-hydrogen) atoms. The van der Waals surface area contributed by atoms with Gasteiger partial charge in [0.2, 0.25) is 5.88 Å². The second-order valence-electron chi connectivity index (χ2n) is 5.28. The van der Waals surface area contributed by atoms with Crippen molar-refractivity contribution in [3.05, 3.63) is 12.4 Å². The Bertz CT molecular complexity index is 420. The van der Waals surface area contributed by atoms with Crippen LogP contribution in [0.4, 0.5) is 5.82 Å². The van der Waals surface area contributed by atoms with E-state index < -0.39 is 0 Å². The quantitative estimate of drug-likeness (QED) is 0.823. The minimum atomic E-state index is 0.646. The molecule has 0 aliphatic carbocycles. The summed E-state index contributed by atoms with van der Waals surface area (Å²) in [4.78, 5) is 13.5. The van der Waals surface area contributed by atoms with Crippen molar-refractivity contribution < 1.29 is 4.74 Å². The number of likely N-dealkylation sites (tertiary alicyclic amines) is 1. The van der Waals surface area contributed by atoms with Crippen LogP contribution in [0.15, 0.2) is 12.4 Å². The molecule has 0 saturated carbocycles. The first-order chi connectivity index (χ1) is 9.36. The predicted molar refractivity (Wildman–Crippen MR) is 74.6 cm³/mol. The fourth-order valence-electron chi connectivity index (χ4n) is 3.08. The third-order valence-corrected chi connectivity index (χ3v) is 4.06. The molecule has 2 aliphatic heterocycles. The first-order valence-corrected chi connectivity index (χ1v) is 7.30. The topological polar surface area (TPSA) is 41.5 Å². The maximum Gasteiger partial charge on any atom is 0.218 e. The van der Waals surface area contributed by atoms with Gasteiger partial charge < -0.3 is 9.64 Å². The Morgan fingerprint density at radius 3 is 2.89 bits per heavy atom. The monoisotopic (exact) mass is 262 g/mol. The molecule has 0 N–H and O–H groups in total. The number of hydrogen-bond donors (Lipinski definition) is 0. The predicted octanol–water partition coefficient (Wildman–Crippen LogP) is 1.55. The van der Waals surface area contributed by atoms with Gasteiger partial charge in [0, 0.05) is 25.2 Å². The lowest BCUT2D eigenvalue weighted by Gasteiger charge is -2.24. The summed E-state index contributed by atoms with van der Waals surface area (Å²) < 4.78 is 5.44. The lowest BCUT2D eigenvalue weighted by Crippen LogP contribution is -2.35. The van der Waals surface area contributed by atoms with Crippen LogP contribution >= 0.6 is 0 Å². The lowest BCUT2D eigenvalue weighted by atomic mass is 10.2. The maximum absolute atomic E-state index is 5.44. The van der Waals surface area contributed by atoms with E-state index in [0.717, 1.165) is 18.9 Å². The Kier molecular flexibility index (Phi) is 3.82. The third-order valence-electron chi connectivity index (χ3n) is 4.06. The van der Waals surface area contributed by atoms with Crippen LogP contribution in [-0.4, -0.2) is 53.7 Å². The van der Waals surface area contributed by atoms with E-state index in [-0.39, 0.29) is 0 Å². The summed E-state index contributed by atoms with van der Waals surface area (Å²) in [6.07, 6.45) is 5.56. The molecule has 3 rings (SSSR count). The highest BCUT2D eigenvalue weighted by Gasteiger charge is 2.29. The van der Waals surface area contributed by atoms with Crippen LogP contribution in [0.5, 0.6) is 5.88 Å². The zero-order valence-electron chi connectivity index (χ0n) is 11.6. The van der Waals surface area contributed by atoms with Gasteiger partial charge in [0.05, 0.1) is 6.61 Å². The number of anilines is 1. The fraction of sp³-hybridized carbons (Fsp3) is 0.714. The summed E-state index contributed by atoms with van der Waals surface area (Å²) in [5.41, 5.74) is 0. The standard InChI is InChI=1S/C14H22N4O/c1-2-19-14-9-13(15-11-16-14)18-8-5-12(10-18)17-6-3-4-7-17/h9,11-12H,2-8,10H2,1H3. The van der Waals surface area contributed by atoms with Gasteiger partial charge in [-0.25, -0.2) is 9.97 Å². The molecule has 0 aromatic carbocycles. The van der Waals surface area contributed by atoms with Crippen LogP contribution in [0.25, 0.3) is 0 Å². The molecule has 104 valence electrons. The molecular weight excluding hydrogens is 240 g/mol. The molecule has 2 saturated heterocycles. The molecule has 3 heterocycles. The Morgan fingerprint density at radius 2 is 2.11 bits per heavy atom. The second-order valence-corrected chi connectivity index (χ2v) is 5.28. The lowest BCUT2D eigenvalue weighted by molar-refractivity contribution is 0.260. The van der Waals surface area contributed by atoms with Crippen LogP contribution in [0.2, 0.25) is 0 Å². The minimum Gasteiger partial charge on any atom is -0.478 e. The molecule has 2 aliphatic rings. The van der Waals surface area contributed by atoms with E-state index in [1.807, 2.05) is 13.0 Å². The Hall–Kier alpha value is -1.36. The molecule has 1 aromatic heterocycles. The van der Waals surface area contributed by atoms with Crippen molar-refractivity contribution in [3.8, 4) is 5.88 Å². The van der Waals surface area contributed by atoms with Crippen LogP contribution in [0, 0.1) is 0 Å². The van der Waals surface area contributed by atoms with Crippen LogP contribution in [0.1, 0.15) is 26.2 Å². The van der Waals surface area contributed by atoms with Gasteiger partial charge in [-0.1, -0.05) is 0 Å². The molecule has 2 fully saturated rings. The van der Waals surface area contributed by atoms with Gasteiger partial charge in [-0.05, 0) is 39.3 Å². The first kappa shape index (κ1) is 12.7.